The third kappa shape index (κ3) is 3.24. The van der Waals surface area contributed by atoms with Crippen molar-refractivity contribution in [3.05, 3.63) is 32.7 Å². The molecule has 1 fully saturated rings. The van der Waals surface area contributed by atoms with E-state index in [9.17, 15) is 4.79 Å². The van der Waals surface area contributed by atoms with Crippen molar-refractivity contribution in [1.82, 2.24) is 15.3 Å². The smallest absolute Gasteiger partial charge is 0.310 e. The van der Waals surface area contributed by atoms with Gasteiger partial charge in [0.25, 0.3) is 0 Å². The van der Waals surface area contributed by atoms with Gasteiger partial charge >= 0.3 is 5.69 Å². The first kappa shape index (κ1) is 14.9. The third-order valence-electron chi connectivity index (χ3n) is 4.44. The molecule has 4 nitrogen and oxygen atoms in total. The van der Waals surface area contributed by atoms with Crippen LogP contribution in [0.1, 0.15) is 50.6 Å². The van der Waals surface area contributed by atoms with Gasteiger partial charge in [0.2, 0.25) is 0 Å². The minimum Gasteiger partial charge on any atom is -0.310 e. The molecule has 1 atom stereocenters. The van der Waals surface area contributed by atoms with Crippen LogP contribution in [0, 0.1) is 5.92 Å². The van der Waals surface area contributed by atoms with Crippen molar-refractivity contribution in [3.8, 4) is 0 Å². The van der Waals surface area contributed by atoms with E-state index in [1.54, 1.807) is 0 Å². The number of benzene rings is 1. The first-order chi connectivity index (χ1) is 10.2. The van der Waals surface area contributed by atoms with Crippen molar-refractivity contribution in [2.24, 2.45) is 5.92 Å². The number of imidazole rings is 1. The number of H-pyrrole nitrogens is 2. The maximum Gasteiger partial charge on any atom is 0.323 e. The summed E-state index contributed by atoms with van der Waals surface area (Å²) in [6.45, 7) is 3.21. The summed E-state index contributed by atoms with van der Waals surface area (Å²) in [4.78, 5) is 17.1. The Morgan fingerprint density at radius 1 is 1.33 bits per heavy atom. The molecular formula is C16H22BrN3O. The molecule has 1 saturated carbocycles. The fraction of sp³-hybridized carbons (Fsp3) is 0.562. The summed E-state index contributed by atoms with van der Waals surface area (Å²) >= 11 is 3.67. The van der Waals surface area contributed by atoms with Crippen molar-refractivity contribution in [3.63, 3.8) is 0 Å². The molecule has 1 aliphatic rings. The highest BCUT2D eigenvalue weighted by atomic mass is 79.9. The Morgan fingerprint density at radius 3 is 2.67 bits per heavy atom. The van der Waals surface area contributed by atoms with E-state index >= 15 is 0 Å². The molecule has 3 N–H and O–H groups in total. The van der Waals surface area contributed by atoms with Crippen molar-refractivity contribution >= 4 is 27.0 Å². The van der Waals surface area contributed by atoms with Gasteiger partial charge in [-0.2, -0.15) is 0 Å². The second-order valence-corrected chi connectivity index (χ2v) is 6.89. The number of fused-ring (bicyclic) bond motifs is 1. The van der Waals surface area contributed by atoms with Crippen LogP contribution in [0.3, 0.4) is 0 Å². The van der Waals surface area contributed by atoms with E-state index < -0.39 is 0 Å². The minimum atomic E-state index is -0.147. The van der Waals surface area contributed by atoms with Gasteiger partial charge in [0, 0.05) is 10.5 Å². The average molecular weight is 352 g/mol. The molecule has 1 heterocycles. The maximum atomic E-state index is 11.4. The van der Waals surface area contributed by atoms with E-state index in [2.05, 4.69) is 44.2 Å². The Kier molecular flexibility index (Phi) is 4.50. The Hall–Kier alpha value is -1.07. The van der Waals surface area contributed by atoms with Gasteiger partial charge in [-0.05, 0) is 43.0 Å². The van der Waals surface area contributed by atoms with Gasteiger partial charge in [-0.1, -0.05) is 42.1 Å². The molecule has 0 spiro atoms. The van der Waals surface area contributed by atoms with Crippen LogP contribution in [-0.4, -0.2) is 16.5 Å². The summed E-state index contributed by atoms with van der Waals surface area (Å²) in [6, 6.07) is 4.46. The molecule has 0 radical (unpaired) electrons. The topological polar surface area (TPSA) is 60.7 Å². The highest BCUT2D eigenvalue weighted by molar-refractivity contribution is 9.10. The molecule has 1 aromatic heterocycles. The van der Waals surface area contributed by atoms with Crippen LogP contribution < -0.4 is 11.0 Å². The highest BCUT2D eigenvalue weighted by Crippen LogP contribution is 2.37. The number of aromatic amines is 2. The monoisotopic (exact) mass is 351 g/mol. The molecule has 0 bridgehead atoms. The maximum absolute atomic E-state index is 11.4. The molecular weight excluding hydrogens is 330 g/mol. The SMILES string of the molecule is CCCNC(CC1CCC1)c1cc2[nH]c(=O)[nH]c2cc1Br. The number of rotatable bonds is 6. The van der Waals surface area contributed by atoms with Gasteiger partial charge in [-0.15, -0.1) is 0 Å². The number of hydrogen-bond acceptors (Lipinski definition) is 2. The number of halogens is 1. The number of aromatic nitrogens is 2. The highest BCUT2D eigenvalue weighted by Gasteiger charge is 2.24. The summed E-state index contributed by atoms with van der Waals surface area (Å²) in [5, 5.41) is 3.66. The molecule has 1 unspecified atom stereocenters. The van der Waals surface area contributed by atoms with Crippen molar-refractivity contribution in [2.75, 3.05) is 6.54 Å². The van der Waals surface area contributed by atoms with E-state index in [0.717, 1.165) is 34.4 Å². The van der Waals surface area contributed by atoms with Gasteiger partial charge in [-0.25, -0.2) is 4.79 Å². The molecule has 0 saturated heterocycles. The van der Waals surface area contributed by atoms with Crippen molar-refractivity contribution in [1.29, 1.82) is 0 Å². The first-order valence-corrected chi connectivity index (χ1v) is 8.61. The molecule has 1 aromatic carbocycles. The number of hydrogen-bond donors (Lipinski definition) is 3. The lowest BCUT2D eigenvalue weighted by molar-refractivity contribution is 0.261. The van der Waals surface area contributed by atoms with Crippen LogP contribution in [0.2, 0.25) is 0 Å². The molecule has 0 amide bonds. The normalized spacial score (nSPS) is 17.0. The Bertz CT molecular complexity index is 672. The van der Waals surface area contributed by atoms with Crippen LogP contribution in [0.25, 0.3) is 11.0 Å². The van der Waals surface area contributed by atoms with Gasteiger partial charge in [0.15, 0.2) is 0 Å². The van der Waals surface area contributed by atoms with Gasteiger partial charge in [0.1, 0.15) is 0 Å². The first-order valence-electron chi connectivity index (χ1n) is 7.82. The second kappa shape index (κ2) is 6.36. The molecule has 0 aliphatic heterocycles. The van der Waals surface area contributed by atoms with E-state index in [0.29, 0.717) is 6.04 Å². The minimum absolute atomic E-state index is 0.147. The Balaban J connectivity index is 1.91. The van der Waals surface area contributed by atoms with Gasteiger partial charge in [0.05, 0.1) is 11.0 Å². The largest absolute Gasteiger partial charge is 0.323 e. The molecule has 1 aliphatic carbocycles. The van der Waals surface area contributed by atoms with Gasteiger partial charge < -0.3 is 15.3 Å². The van der Waals surface area contributed by atoms with Crippen LogP contribution in [-0.2, 0) is 0 Å². The van der Waals surface area contributed by atoms with Crippen LogP contribution in [0.15, 0.2) is 21.4 Å². The molecule has 5 heteroatoms. The van der Waals surface area contributed by atoms with E-state index in [-0.39, 0.29) is 5.69 Å². The van der Waals surface area contributed by atoms with Gasteiger partial charge in [-0.3, -0.25) is 0 Å². The summed E-state index contributed by atoms with van der Waals surface area (Å²) in [5.74, 6) is 0.840. The fourth-order valence-corrected chi connectivity index (χ4v) is 3.66. The summed E-state index contributed by atoms with van der Waals surface area (Å²) in [5.41, 5.74) is 2.84. The summed E-state index contributed by atoms with van der Waals surface area (Å²) in [7, 11) is 0. The zero-order chi connectivity index (χ0) is 14.8. The standard InChI is InChI=1S/C16H22BrN3O/c1-2-6-18-13(7-10-4-3-5-10)11-8-14-15(9-12(11)17)20-16(21)19-14/h8-10,13,18H,2-7H2,1H3,(H2,19,20,21). The van der Waals surface area contributed by atoms with Crippen LogP contribution in [0.4, 0.5) is 0 Å². The third-order valence-corrected chi connectivity index (χ3v) is 5.13. The van der Waals surface area contributed by atoms with Crippen LogP contribution in [0.5, 0.6) is 0 Å². The van der Waals surface area contributed by atoms with E-state index in [1.807, 2.05) is 6.07 Å². The molecule has 2 aromatic rings. The van der Waals surface area contributed by atoms with Crippen molar-refractivity contribution < 1.29 is 0 Å². The van der Waals surface area contributed by atoms with Crippen molar-refractivity contribution in [2.45, 2.75) is 45.1 Å². The molecule has 114 valence electrons. The van der Waals surface area contributed by atoms with E-state index in [1.165, 1.54) is 31.2 Å². The summed E-state index contributed by atoms with van der Waals surface area (Å²) in [6.07, 6.45) is 6.38. The number of nitrogens with one attached hydrogen (secondary N) is 3. The second-order valence-electron chi connectivity index (χ2n) is 6.04. The Labute approximate surface area is 132 Å². The Morgan fingerprint density at radius 2 is 2.05 bits per heavy atom. The van der Waals surface area contributed by atoms with E-state index in [4.69, 9.17) is 0 Å². The lowest BCUT2D eigenvalue weighted by Crippen LogP contribution is -2.27. The zero-order valence-electron chi connectivity index (χ0n) is 12.3. The predicted molar refractivity (Wildman–Crippen MR) is 89.6 cm³/mol. The van der Waals surface area contributed by atoms with Crippen LogP contribution >= 0.6 is 15.9 Å². The predicted octanol–water partition coefficient (Wildman–Crippen LogP) is 3.85. The molecule has 21 heavy (non-hydrogen) atoms. The summed E-state index contributed by atoms with van der Waals surface area (Å²) < 4.78 is 1.07. The lowest BCUT2D eigenvalue weighted by Gasteiger charge is -2.31. The lowest BCUT2D eigenvalue weighted by atomic mass is 9.79. The fourth-order valence-electron chi connectivity index (χ4n) is 3.04. The quantitative estimate of drug-likeness (QED) is 0.740. The zero-order valence-corrected chi connectivity index (χ0v) is 13.9. The molecule has 3 rings (SSSR count). The average Bonchev–Trinajstić information content (AvgIpc) is 2.75.